The van der Waals surface area contributed by atoms with E-state index in [1.54, 1.807) is 41.5 Å². The summed E-state index contributed by atoms with van der Waals surface area (Å²) < 4.78 is 18.9. The molecule has 0 heterocycles. The van der Waals surface area contributed by atoms with E-state index >= 15 is 0 Å². The molecule has 0 atom stereocenters. The second kappa shape index (κ2) is 22.8. The Labute approximate surface area is 230 Å². The van der Waals surface area contributed by atoms with Crippen molar-refractivity contribution < 1.29 is 43.5 Å². The number of hydrogen-bond donors (Lipinski definition) is 4. The highest BCUT2D eigenvalue weighted by molar-refractivity contribution is 5.77. The van der Waals surface area contributed by atoms with Crippen LogP contribution in [0.4, 0.5) is 14.4 Å². The quantitative estimate of drug-likeness (QED) is 0.112. The van der Waals surface area contributed by atoms with Crippen molar-refractivity contribution in [2.45, 2.75) is 130 Å². The summed E-state index contributed by atoms with van der Waals surface area (Å²) in [5.41, 5.74) is 3.43. The van der Waals surface area contributed by atoms with Crippen LogP contribution in [0.25, 0.3) is 0 Å². The van der Waals surface area contributed by atoms with Crippen LogP contribution < -0.4 is 11.1 Å². The van der Waals surface area contributed by atoms with E-state index in [0.717, 1.165) is 57.9 Å². The number of nitrogens with one attached hydrogen (secondary N) is 1. The molecule has 0 fully saturated rings. The lowest BCUT2D eigenvalue weighted by Crippen LogP contribution is -2.32. The monoisotopic (exact) mass is 552 g/mol. The van der Waals surface area contributed by atoms with Gasteiger partial charge in [0.05, 0.1) is 0 Å². The molecule has 0 saturated heterocycles. The summed E-state index contributed by atoms with van der Waals surface area (Å²) in [6.07, 6.45) is 5.64. The Balaban J connectivity index is -0.000000508. The molecule has 0 rings (SSSR count). The highest BCUT2D eigenvalue weighted by Crippen LogP contribution is 2.11. The minimum Gasteiger partial charge on any atom is -0.444 e. The van der Waals surface area contributed by atoms with E-state index in [-0.39, 0.29) is 12.7 Å². The molecule has 0 aliphatic heterocycles. The smallest absolute Gasteiger partial charge is 0.444 e. The third kappa shape index (κ3) is 41.0. The van der Waals surface area contributed by atoms with Gasteiger partial charge < -0.3 is 40.2 Å². The number of ether oxygens (including phenoxy) is 4. The number of aliphatic hydroxyl groups is 2. The molecule has 1 amide bonds. The molecule has 38 heavy (non-hydrogen) atoms. The Hall–Kier alpha value is -2.11. The van der Waals surface area contributed by atoms with E-state index in [2.05, 4.69) is 10.1 Å². The lowest BCUT2D eigenvalue weighted by Gasteiger charge is -2.20. The number of amides is 1. The number of carbonyl (C=O) groups excluding carboxylic acids is 3. The van der Waals surface area contributed by atoms with Gasteiger partial charge in [-0.2, -0.15) is 0 Å². The van der Waals surface area contributed by atoms with Gasteiger partial charge in [-0.15, -0.1) is 0 Å². The molecule has 0 aromatic rings. The van der Waals surface area contributed by atoms with Gasteiger partial charge in [0.2, 0.25) is 0 Å². The highest BCUT2D eigenvalue weighted by atomic mass is 16.8. The van der Waals surface area contributed by atoms with Crippen LogP contribution in [0, 0.1) is 0 Å². The second-order valence-corrected chi connectivity index (χ2v) is 11.5. The predicted octanol–water partition coefficient (Wildman–Crippen LogP) is 5.43. The zero-order valence-corrected chi connectivity index (χ0v) is 25.3. The molecule has 0 aliphatic rings. The van der Waals surface area contributed by atoms with Crippen molar-refractivity contribution in [2.24, 2.45) is 5.73 Å². The summed E-state index contributed by atoms with van der Waals surface area (Å²) in [7, 11) is 0. The Morgan fingerprint density at radius 3 is 1.32 bits per heavy atom. The fourth-order valence-electron chi connectivity index (χ4n) is 2.31. The van der Waals surface area contributed by atoms with Gasteiger partial charge in [-0.05, 0) is 94.5 Å². The maximum absolute atomic E-state index is 11.2. The number of nitrogens with two attached hydrogens (primary N) is 1. The first-order valence-corrected chi connectivity index (χ1v) is 13.4. The number of hydrogen-bond acceptors (Lipinski definition) is 10. The maximum Gasteiger partial charge on any atom is 0.519 e. The molecule has 0 unspecified atom stereocenters. The van der Waals surface area contributed by atoms with Crippen molar-refractivity contribution in [3.05, 3.63) is 0 Å². The molecule has 0 bridgehead atoms. The first kappa shape index (κ1) is 40.4. The molecule has 0 saturated carbocycles. The second-order valence-electron chi connectivity index (χ2n) is 11.5. The van der Waals surface area contributed by atoms with Crippen molar-refractivity contribution in [2.75, 3.05) is 26.3 Å². The minimum absolute atomic E-state index is 0.249. The predicted molar refractivity (Wildman–Crippen MR) is 148 cm³/mol. The van der Waals surface area contributed by atoms with Crippen LogP contribution in [-0.4, -0.2) is 71.7 Å². The molecular formula is C27H56N2O9. The number of aliphatic hydroxyl groups excluding tert-OH is 2. The average Bonchev–Trinajstić information content (AvgIpc) is 2.70. The fraction of sp³-hybridized carbons (Fsp3) is 0.889. The number of carbonyl (C=O) groups is 3. The standard InChI is InChI=1S/C11H23NO3.C10H18O5.C6H15NO/c1-11(2,3)15-10(14)12-8-6-4-5-7-9-13;1-9(2,3)14-7(11)13-8(12)15-10(4,5)6;7-5-3-1-2-4-6-8/h13H,4-9H2,1-3H3,(H,12,14);1-6H3;8H,1-7H2. The van der Waals surface area contributed by atoms with Crippen LogP contribution in [0.15, 0.2) is 0 Å². The Bertz CT molecular complexity index is 575. The molecule has 5 N–H and O–H groups in total. The molecule has 0 aromatic carbocycles. The van der Waals surface area contributed by atoms with E-state index in [4.69, 9.17) is 30.2 Å². The summed E-state index contributed by atoms with van der Waals surface area (Å²) in [5, 5.41) is 19.6. The molecule has 11 nitrogen and oxygen atoms in total. The topological polar surface area (TPSA) is 167 Å². The van der Waals surface area contributed by atoms with Gasteiger partial charge in [0, 0.05) is 19.8 Å². The van der Waals surface area contributed by atoms with Crippen LogP contribution in [0.1, 0.15) is 114 Å². The average molecular weight is 553 g/mol. The summed E-state index contributed by atoms with van der Waals surface area (Å²) in [6.45, 7) is 17.5. The summed E-state index contributed by atoms with van der Waals surface area (Å²) in [4.78, 5) is 33.2. The number of unbranched alkanes of at least 4 members (excludes halogenated alkanes) is 6. The van der Waals surface area contributed by atoms with Gasteiger partial charge in [0.15, 0.2) is 0 Å². The third-order valence-electron chi connectivity index (χ3n) is 3.81. The Morgan fingerprint density at radius 2 is 0.974 bits per heavy atom. The van der Waals surface area contributed by atoms with Crippen molar-refractivity contribution in [3.8, 4) is 0 Å². The summed E-state index contributed by atoms with van der Waals surface area (Å²) >= 11 is 0. The SMILES string of the molecule is CC(C)(C)OC(=O)NCCCCCCO.CC(C)(C)OC(=O)OC(=O)OC(C)(C)C.NCCCCCCO. The van der Waals surface area contributed by atoms with E-state index in [1.807, 2.05) is 20.8 Å². The Kier molecular flexibility index (Phi) is 24.3. The van der Waals surface area contributed by atoms with Crippen molar-refractivity contribution >= 4 is 18.4 Å². The summed E-state index contributed by atoms with van der Waals surface area (Å²) in [5.74, 6) is 0. The third-order valence-corrected chi connectivity index (χ3v) is 3.81. The molecule has 0 aromatic heterocycles. The van der Waals surface area contributed by atoms with Gasteiger partial charge in [-0.1, -0.05) is 25.7 Å². The van der Waals surface area contributed by atoms with Gasteiger partial charge in [0.25, 0.3) is 0 Å². The lowest BCUT2D eigenvalue weighted by atomic mass is 10.2. The summed E-state index contributed by atoms with van der Waals surface area (Å²) in [6, 6.07) is 0. The normalized spacial score (nSPS) is 11.2. The van der Waals surface area contributed by atoms with Gasteiger partial charge in [-0.25, -0.2) is 14.4 Å². The number of rotatable bonds is 11. The zero-order chi connectivity index (χ0) is 30.3. The van der Waals surface area contributed by atoms with Crippen molar-refractivity contribution in [3.63, 3.8) is 0 Å². The molecule has 0 radical (unpaired) electrons. The van der Waals surface area contributed by atoms with E-state index in [0.29, 0.717) is 13.2 Å². The largest absolute Gasteiger partial charge is 0.519 e. The van der Waals surface area contributed by atoms with E-state index in [9.17, 15) is 14.4 Å². The van der Waals surface area contributed by atoms with Gasteiger partial charge >= 0.3 is 18.4 Å². The first-order valence-electron chi connectivity index (χ1n) is 13.4. The number of alkyl carbamates (subject to hydrolysis) is 1. The van der Waals surface area contributed by atoms with Crippen molar-refractivity contribution in [1.82, 2.24) is 5.32 Å². The van der Waals surface area contributed by atoms with Crippen LogP contribution >= 0.6 is 0 Å². The van der Waals surface area contributed by atoms with Crippen LogP contribution in [0.3, 0.4) is 0 Å². The van der Waals surface area contributed by atoms with Crippen LogP contribution in [0.5, 0.6) is 0 Å². The van der Waals surface area contributed by atoms with Gasteiger partial charge in [-0.3, -0.25) is 0 Å². The molecular weight excluding hydrogens is 496 g/mol. The van der Waals surface area contributed by atoms with E-state index < -0.39 is 29.1 Å². The zero-order valence-electron chi connectivity index (χ0n) is 25.3. The molecule has 0 aliphatic carbocycles. The molecule has 228 valence electrons. The molecule has 0 spiro atoms. The van der Waals surface area contributed by atoms with Crippen molar-refractivity contribution in [1.29, 1.82) is 0 Å². The fourth-order valence-corrected chi connectivity index (χ4v) is 2.31. The van der Waals surface area contributed by atoms with Crippen LogP contribution in [0.2, 0.25) is 0 Å². The van der Waals surface area contributed by atoms with E-state index in [1.165, 1.54) is 0 Å². The highest BCUT2D eigenvalue weighted by Gasteiger charge is 2.24. The first-order chi connectivity index (χ1) is 17.4. The molecule has 11 heteroatoms. The Morgan fingerprint density at radius 1 is 0.605 bits per heavy atom. The maximum atomic E-state index is 11.2. The van der Waals surface area contributed by atoms with Crippen LogP contribution in [-0.2, 0) is 18.9 Å². The van der Waals surface area contributed by atoms with Gasteiger partial charge in [0.1, 0.15) is 16.8 Å². The minimum atomic E-state index is -1.06. The lowest BCUT2D eigenvalue weighted by molar-refractivity contribution is -0.0294.